The van der Waals surface area contributed by atoms with Gasteiger partial charge in [0.2, 0.25) is 0 Å². The largest absolute Gasteiger partial charge is 0.358 e. The summed E-state index contributed by atoms with van der Waals surface area (Å²) in [4.78, 5) is 19.6. The number of nitrogens with zero attached hydrogens (tertiary/aromatic N) is 1. The van der Waals surface area contributed by atoms with Crippen LogP contribution in [0.3, 0.4) is 0 Å². The normalized spacial score (nSPS) is 19.8. The molecule has 4 rings (SSSR count). The van der Waals surface area contributed by atoms with E-state index in [-0.39, 0.29) is 11.9 Å². The zero-order valence-corrected chi connectivity index (χ0v) is 13.5. The molecule has 1 fully saturated rings. The SMILES string of the molecule is O=C1NCCc2[nH]c(-c3ccncc3C#CC3CCCCN3)cc21. The maximum absolute atomic E-state index is 12.0. The van der Waals surface area contributed by atoms with E-state index in [2.05, 4.69) is 32.4 Å². The minimum absolute atomic E-state index is 0.00755. The minimum atomic E-state index is -0.00755. The van der Waals surface area contributed by atoms with E-state index in [0.717, 1.165) is 47.5 Å². The van der Waals surface area contributed by atoms with Crippen molar-refractivity contribution >= 4 is 5.91 Å². The van der Waals surface area contributed by atoms with Gasteiger partial charge in [-0.1, -0.05) is 11.8 Å². The van der Waals surface area contributed by atoms with Gasteiger partial charge in [0.15, 0.2) is 0 Å². The Morgan fingerprint density at radius 2 is 2.17 bits per heavy atom. The van der Waals surface area contributed by atoms with Crippen molar-refractivity contribution in [3.63, 3.8) is 0 Å². The molecule has 2 aromatic rings. The van der Waals surface area contributed by atoms with Gasteiger partial charge in [-0.2, -0.15) is 0 Å². The van der Waals surface area contributed by atoms with Crippen LogP contribution in [0.4, 0.5) is 0 Å². The van der Waals surface area contributed by atoms with Gasteiger partial charge in [0.1, 0.15) is 0 Å². The molecule has 4 heterocycles. The maximum atomic E-state index is 12.0. The monoisotopic (exact) mass is 320 g/mol. The Morgan fingerprint density at radius 1 is 1.21 bits per heavy atom. The zero-order valence-electron chi connectivity index (χ0n) is 13.5. The lowest BCUT2D eigenvalue weighted by Crippen LogP contribution is -2.32. The highest BCUT2D eigenvalue weighted by molar-refractivity contribution is 5.98. The average molecular weight is 320 g/mol. The van der Waals surface area contributed by atoms with Gasteiger partial charge in [-0.25, -0.2) is 0 Å². The number of carbonyl (C=O) groups excluding carboxylic acids is 1. The fraction of sp³-hybridized carbons (Fsp3) is 0.368. The van der Waals surface area contributed by atoms with Crippen LogP contribution in [0.5, 0.6) is 0 Å². The first kappa shape index (κ1) is 15.0. The van der Waals surface area contributed by atoms with Crippen LogP contribution in [0.1, 0.15) is 40.9 Å². The average Bonchev–Trinajstić information content (AvgIpc) is 3.07. The van der Waals surface area contributed by atoms with Gasteiger partial charge < -0.3 is 15.6 Å². The third kappa shape index (κ3) is 2.93. The molecule has 2 aliphatic rings. The Balaban J connectivity index is 1.67. The van der Waals surface area contributed by atoms with Gasteiger partial charge in [0, 0.05) is 42.3 Å². The highest BCUT2D eigenvalue weighted by atomic mass is 16.1. The molecule has 1 amide bonds. The second-order valence-corrected chi connectivity index (χ2v) is 6.27. The van der Waals surface area contributed by atoms with Gasteiger partial charge in [-0.15, -0.1) is 0 Å². The second-order valence-electron chi connectivity index (χ2n) is 6.27. The number of piperidine rings is 1. The molecule has 0 aromatic carbocycles. The van der Waals surface area contributed by atoms with Crippen LogP contribution in [0, 0.1) is 11.8 Å². The van der Waals surface area contributed by atoms with Crippen molar-refractivity contribution in [2.75, 3.05) is 13.1 Å². The van der Waals surface area contributed by atoms with Gasteiger partial charge in [0.25, 0.3) is 5.91 Å². The van der Waals surface area contributed by atoms with Crippen LogP contribution in [-0.4, -0.2) is 35.0 Å². The molecule has 24 heavy (non-hydrogen) atoms. The predicted octanol–water partition coefficient (Wildman–Crippen LogP) is 1.86. The molecule has 1 atom stereocenters. The first-order valence-corrected chi connectivity index (χ1v) is 8.50. The summed E-state index contributed by atoms with van der Waals surface area (Å²) in [6, 6.07) is 4.13. The van der Waals surface area contributed by atoms with E-state index in [9.17, 15) is 4.79 Å². The summed E-state index contributed by atoms with van der Waals surface area (Å²) >= 11 is 0. The van der Waals surface area contributed by atoms with Crippen LogP contribution in [0.15, 0.2) is 24.5 Å². The molecule has 5 heteroatoms. The molecule has 0 radical (unpaired) electrons. The van der Waals surface area contributed by atoms with Crippen molar-refractivity contribution in [3.05, 3.63) is 41.3 Å². The third-order valence-electron chi connectivity index (χ3n) is 4.61. The van der Waals surface area contributed by atoms with Crippen LogP contribution in [0.2, 0.25) is 0 Å². The van der Waals surface area contributed by atoms with E-state index in [1.807, 2.05) is 12.1 Å². The number of hydrogen-bond acceptors (Lipinski definition) is 3. The molecule has 1 unspecified atom stereocenters. The number of amides is 1. The number of rotatable bonds is 1. The lowest BCUT2D eigenvalue weighted by atomic mass is 10.0. The second kappa shape index (κ2) is 6.50. The number of aromatic nitrogens is 2. The topological polar surface area (TPSA) is 69.8 Å². The number of H-pyrrole nitrogens is 1. The predicted molar refractivity (Wildman–Crippen MR) is 92.6 cm³/mol. The zero-order chi connectivity index (χ0) is 16.4. The standard InChI is InChI=1S/C19H20N4O/c24-19-16-11-18(23-17(16)7-10-22-19)15-6-9-20-12-13(15)4-5-14-3-1-2-8-21-14/h6,9,11-12,14,21,23H,1-3,7-8,10H2,(H,22,24). The maximum Gasteiger partial charge on any atom is 0.253 e. The Morgan fingerprint density at radius 3 is 3.00 bits per heavy atom. The van der Waals surface area contributed by atoms with E-state index >= 15 is 0 Å². The molecule has 122 valence electrons. The van der Waals surface area contributed by atoms with E-state index in [1.165, 1.54) is 12.8 Å². The smallest absolute Gasteiger partial charge is 0.253 e. The van der Waals surface area contributed by atoms with E-state index in [4.69, 9.17) is 0 Å². The van der Waals surface area contributed by atoms with Crippen molar-refractivity contribution in [1.29, 1.82) is 0 Å². The summed E-state index contributed by atoms with van der Waals surface area (Å²) in [7, 11) is 0. The quantitative estimate of drug-likeness (QED) is 0.703. The minimum Gasteiger partial charge on any atom is -0.358 e. The number of pyridine rings is 1. The van der Waals surface area contributed by atoms with Crippen molar-refractivity contribution < 1.29 is 4.79 Å². The number of hydrogen-bond donors (Lipinski definition) is 3. The van der Waals surface area contributed by atoms with Gasteiger partial charge in [0.05, 0.1) is 17.2 Å². The fourth-order valence-electron chi connectivity index (χ4n) is 3.31. The molecule has 1 saturated heterocycles. The van der Waals surface area contributed by atoms with Crippen molar-refractivity contribution in [1.82, 2.24) is 20.6 Å². The Bertz CT molecular complexity index is 821. The van der Waals surface area contributed by atoms with Crippen LogP contribution in [0.25, 0.3) is 11.3 Å². The summed E-state index contributed by atoms with van der Waals surface area (Å²) in [5.74, 6) is 6.59. The molecule has 2 aromatic heterocycles. The van der Waals surface area contributed by atoms with Crippen LogP contribution in [-0.2, 0) is 6.42 Å². The Kier molecular flexibility index (Phi) is 4.06. The van der Waals surface area contributed by atoms with Crippen molar-refractivity contribution in [2.24, 2.45) is 0 Å². The lowest BCUT2D eigenvalue weighted by Gasteiger charge is -2.17. The van der Waals surface area contributed by atoms with Gasteiger partial charge >= 0.3 is 0 Å². The molecule has 0 bridgehead atoms. The number of nitrogens with one attached hydrogen (secondary N) is 3. The molecule has 2 aliphatic heterocycles. The van der Waals surface area contributed by atoms with Crippen molar-refractivity contribution in [3.8, 4) is 23.1 Å². The summed E-state index contributed by atoms with van der Waals surface area (Å²) in [5.41, 5.74) is 4.55. The molecular weight excluding hydrogens is 300 g/mol. The van der Waals surface area contributed by atoms with Crippen molar-refractivity contribution in [2.45, 2.75) is 31.7 Å². The summed E-state index contributed by atoms with van der Waals surface area (Å²) < 4.78 is 0. The van der Waals surface area contributed by atoms with Crippen LogP contribution < -0.4 is 10.6 Å². The highest BCUT2D eigenvalue weighted by Crippen LogP contribution is 2.26. The summed E-state index contributed by atoms with van der Waals surface area (Å²) in [6.07, 6.45) is 7.94. The molecule has 0 spiro atoms. The highest BCUT2D eigenvalue weighted by Gasteiger charge is 2.20. The molecule has 3 N–H and O–H groups in total. The Labute approximate surface area is 141 Å². The van der Waals surface area contributed by atoms with E-state index in [1.54, 1.807) is 12.4 Å². The molecule has 0 saturated carbocycles. The lowest BCUT2D eigenvalue weighted by molar-refractivity contribution is 0.0946. The van der Waals surface area contributed by atoms with Crippen LogP contribution >= 0.6 is 0 Å². The van der Waals surface area contributed by atoms with E-state index in [0.29, 0.717) is 6.54 Å². The third-order valence-corrected chi connectivity index (χ3v) is 4.61. The van der Waals surface area contributed by atoms with Gasteiger partial charge in [-0.05, 0) is 37.9 Å². The molecule has 0 aliphatic carbocycles. The Hall–Kier alpha value is -2.58. The van der Waals surface area contributed by atoms with E-state index < -0.39 is 0 Å². The molecular formula is C19H20N4O. The number of aromatic amines is 1. The first-order valence-electron chi connectivity index (χ1n) is 8.50. The number of fused-ring (bicyclic) bond motifs is 1. The molecule has 5 nitrogen and oxygen atoms in total. The van der Waals surface area contributed by atoms with Gasteiger partial charge in [-0.3, -0.25) is 9.78 Å². The summed E-state index contributed by atoms with van der Waals surface area (Å²) in [5, 5.41) is 6.32. The number of carbonyl (C=O) groups is 1. The first-order chi connectivity index (χ1) is 11.8. The fourth-order valence-corrected chi connectivity index (χ4v) is 3.31. The summed E-state index contributed by atoms with van der Waals surface area (Å²) in [6.45, 7) is 1.72.